The number of hydrogen-bond donors (Lipinski definition) is 2. The van der Waals surface area contributed by atoms with Gasteiger partial charge in [0.05, 0.1) is 0 Å². The number of piperidine rings is 1. The van der Waals surface area contributed by atoms with E-state index >= 15 is 0 Å². The van der Waals surface area contributed by atoms with Gasteiger partial charge in [0, 0.05) is 12.6 Å². The van der Waals surface area contributed by atoms with Crippen molar-refractivity contribution in [2.24, 2.45) is 5.92 Å². The molecule has 7 heteroatoms. The van der Waals surface area contributed by atoms with Crippen LogP contribution in [0.4, 0.5) is 5.82 Å². The summed E-state index contributed by atoms with van der Waals surface area (Å²) in [6, 6.07) is 1.56. The van der Waals surface area contributed by atoms with Gasteiger partial charge in [-0.25, -0.2) is 0 Å². The van der Waals surface area contributed by atoms with Crippen molar-refractivity contribution in [3.8, 4) is 0 Å². The first-order chi connectivity index (χ1) is 9.54. The summed E-state index contributed by atoms with van der Waals surface area (Å²) < 4.78 is 4.81. The molecule has 110 valence electrons. The molecule has 1 saturated heterocycles. The summed E-state index contributed by atoms with van der Waals surface area (Å²) in [7, 11) is 2.09. The Morgan fingerprint density at radius 2 is 2.10 bits per heavy atom. The Morgan fingerprint density at radius 1 is 1.40 bits per heavy atom. The van der Waals surface area contributed by atoms with E-state index in [2.05, 4.69) is 27.7 Å². The molecule has 0 atom stereocenters. The average molecular weight is 280 g/mol. The average Bonchev–Trinajstić information content (AvgIpc) is 2.83. The highest BCUT2D eigenvalue weighted by Crippen LogP contribution is 2.14. The standard InChI is InChI=1S/C13H20N4O3/c1-9-7-11(16-20-9)15-13(19)12(18)14-8-10-3-5-17(2)6-4-10/h7,10H,3-6,8H2,1-2H3,(H,14,18)(H,15,16,19). The smallest absolute Gasteiger partial charge is 0.314 e. The second-order valence-corrected chi connectivity index (χ2v) is 5.23. The molecule has 1 aliphatic rings. The normalized spacial score (nSPS) is 16.9. The number of anilines is 1. The van der Waals surface area contributed by atoms with E-state index in [1.807, 2.05) is 0 Å². The first-order valence-corrected chi connectivity index (χ1v) is 6.75. The monoisotopic (exact) mass is 280 g/mol. The maximum atomic E-state index is 11.7. The zero-order valence-corrected chi connectivity index (χ0v) is 11.8. The molecule has 0 radical (unpaired) electrons. The van der Waals surface area contributed by atoms with Crippen LogP contribution in [0.15, 0.2) is 10.6 Å². The third-order valence-corrected chi connectivity index (χ3v) is 3.47. The number of carbonyl (C=O) groups excluding carboxylic acids is 2. The van der Waals surface area contributed by atoms with E-state index in [9.17, 15) is 9.59 Å². The van der Waals surface area contributed by atoms with Crippen molar-refractivity contribution in [1.29, 1.82) is 0 Å². The summed E-state index contributed by atoms with van der Waals surface area (Å²) >= 11 is 0. The summed E-state index contributed by atoms with van der Waals surface area (Å²) in [5.41, 5.74) is 0. The first kappa shape index (κ1) is 14.5. The molecule has 0 saturated carbocycles. The molecule has 2 N–H and O–H groups in total. The number of nitrogens with one attached hydrogen (secondary N) is 2. The fourth-order valence-corrected chi connectivity index (χ4v) is 2.18. The molecule has 2 rings (SSSR count). The lowest BCUT2D eigenvalue weighted by Crippen LogP contribution is -2.41. The van der Waals surface area contributed by atoms with Crippen LogP contribution >= 0.6 is 0 Å². The summed E-state index contributed by atoms with van der Waals surface area (Å²) in [4.78, 5) is 25.6. The van der Waals surface area contributed by atoms with Crippen molar-refractivity contribution in [1.82, 2.24) is 15.4 Å². The molecule has 0 bridgehead atoms. The highest BCUT2D eigenvalue weighted by atomic mass is 16.5. The van der Waals surface area contributed by atoms with Gasteiger partial charge < -0.3 is 14.7 Å². The van der Waals surface area contributed by atoms with Gasteiger partial charge in [-0.15, -0.1) is 0 Å². The molecule has 0 aromatic carbocycles. The predicted molar refractivity (Wildman–Crippen MR) is 73.1 cm³/mol. The predicted octanol–water partition coefficient (Wildman–Crippen LogP) is 0.380. The third-order valence-electron chi connectivity index (χ3n) is 3.47. The molecular weight excluding hydrogens is 260 g/mol. The number of aromatic nitrogens is 1. The largest absolute Gasteiger partial charge is 0.360 e. The second-order valence-electron chi connectivity index (χ2n) is 5.23. The molecular formula is C13H20N4O3. The lowest BCUT2D eigenvalue weighted by Gasteiger charge is -2.28. The van der Waals surface area contributed by atoms with Gasteiger partial charge in [-0.05, 0) is 45.8 Å². The molecule has 1 aliphatic heterocycles. The summed E-state index contributed by atoms with van der Waals surface area (Å²) in [5, 5.41) is 8.66. The van der Waals surface area contributed by atoms with Crippen molar-refractivity contribution in [2.45, 2.75) is 19.8 Å². The van der Waals surface area contributed by atoms with Gasteiger partial charge in [-0.2, -0.15) is 0 Å². The minimum atomic E-state index is -0.716. The van der Waals surface area contributed by atoms with Crippen LogP contribution in [0.5, 0.6) is 0 Å². The molecule has 0 spiro atoms. The lowest BCUT2D eigenvalue weighted by molar-refractivity contribution is -0.136. The van der Waals surface area contributed by atoms with E-state index in [1.54, 1.807) is 13.0 Å². The molecule has 1 aromatic heterocycles. The van der Waals surface area contributed by atoms with E-state index in [-0.39, 0.29) is 5.82 Å². The molecule has 2 heterocycles. The topological polar surface area (TPSA) is 87.5 Å². The zero-order valence-electron chi connectivity index (χ0n) is 11.8. The van der Waals surface area contributed by atoms with Gasteiger partial charge in [-0.1, -0.05) is 5.16 Å². The fourth-order valence-electron chi connectivity index (χ4n) is 2.18. The van der Waals surface area contributed by atoms with E-state index in [0.717, 1.165) is 25.9 Å². The van der Waals surface area contributed by atoms with Gasteiger partial charge in [0.15, 0.2) is 5.82 Å². The number of aryl methyl sites for hydroxylation is 1. The molecule has 0 unspecified atom stereocenters. The van der Waals surface area contributed by atoms with Gasteiger partial charge in [0.2, 0.25) is 0 Å². The van der Waals surface area contributed by atoms with Crippen molar-refractivity contribution in [3.05, 3.63) is 11.8 Å². The number of nitrogens with zero attached hydrogens (tertiary/aromatic N) is 2. The molecule has 1 aromatic rings. The quantitative estimate of drug-likeness (QED) is 0.782. The van der Waals surface area contributed by atoms with E-state index in [1.165, 1.54) is 0 Å². The Balaban J connectivity index is 1.72. The Kier molecular flexibility index (Phi) is 4.73. The summed E-state index contributed by atoms with van der Waals surface area (Å²) in [6.45, 7) is 4.32. The third kappa shape index (κ3) is 4.06. The Bertz CT molecular complexity index is 478. The van der Waals surface area contributed by atoms with Crippen LogP contribution in [0, 0.1) is 12.8 Å². The van der Waals surface area contributed by atoms with Gasteiger partial charge >= 0.3 is 11.8 Å². The van der Waals surface area contributed by atoms with Crippen molar-refractivity contribution < 1.29 is 14.1 Å². The van der Waals surface area contributed by atoms with Crippen LogP contribution < -0.4 is 10.6 Å². The van der Waals surface area contributed by atoms with Crippen molar-refractivity contribution >= 4 is 17.6 Å². The number of hydrogen-bond acceptors (Lipinski definition) is 5. The van der Waals surface area contributed by atoms with Crippen LogP contribution in [-0.4, -0.2) is 48.6 Å². The molecule has 7 nitrogen and oxygen atoms in total. The minimum absolute atomic E-state index is 0.252. The number of likely N-dealkylation sites (tertiary alicyclic amines) is 1. The Hall–Kier alpha value is -1.89. The Labute approximate surface area is 117 Å². The highest BCUT2D eigenvalue weighted by molar-refractivity contribution is 6.39. The first-order valence-electron chi connectivity index (χ1n) is 6.75. The molecule has 0 aliphatic carbocycles. The van der Waals surface area contributed by atoms with Crippen LogP contribution in [0.25, 0.3) is 0 Å². The van der Waals surface area contributed by atoms with Crippen LogP contribution in [0.2, 0.25) is 0 Å². The Morgan fingerprint density at radius 3 is 2.70 bits per heavy atom. The zero-order chi connectivity index (χ0) is 14.5. The molecule has 20 heavy (non-hydrogen) atoms. The van der Waals surface area contributed by atoms with Gasteiger partial charge in [0.1, 0.15) is 5.76 Å². The van der Waals surface area contributed by atoms with Crippen molar-refractivity contribution in [3.63, 3.8) is 0 Å². The second kappa shape index (κ2) is 6.51. The minimum Gasteiger partial charge on any atom is -0.360 e. The lowest BCUT2D eigenvalue weighted by atomic mass is 9.97. The van der Waals surface area contributed by atoms with E-state index in [4.69, 9.17) is 4.52 Å². The van der Waals surface area contributed by atoms with Crippen LogP contribution in [0.1, 0.15) is 18.6 Å². The van der Waals surface area contributed by atoms with Gasteiger partial charge in [0.25, 0.3) is 0 Å². The fraction of sp³-hybridized carbons (Fsp3) is 0.615. The van der Waals surface area contributed by atoms with Crippen molar-refractivity contribution in [2.75, 3.05) is 32.0 Å². The number of amides is 2. The highest BCUT2D eigenvalue weighted by Gasteiger charge is 2.20. The van der Waals surface area contributed by atoms with Crippen LogP contribution in [0.3, 0.4) is 0 Å². The number of rotatable bonds is 3. The molecule has 1 fully saturated rings. The summed E-state index contributed by atoms with van der Waals surface area (Å²) in [5.74, 6) is -0.0815. The van der Waals surface area contributed by atoms with Crippen LogP contribution in [-0.2, 0) is 9.59 Å². The van der Waals surface area contributed by atoms with E-state index in [0.29, 0.717) is 18.2 Å². The maximum Gasteiger partial charge on any atom is 0.314 e. The molecule has 2 amide bonds. The number of carbonyl (C=O) groups is 2. The van der Waals surface area contributed by atoms with E-state index < -0.39 is 11.8 Å². The maximum absolute atomic E-state index is 11.7. The van der Waals surface area contributed by atoms with Gasteiger partial charge in [-0.3, -0.25) is 14.9 Å². The summed E-state index contributed by atoms with van der Waals surface area (Å²) in [6.07, 6.45) is 2.09. The SMILES string of the molecule is Cc1cc(NC(=O)C(=O)NCC2CCN(C)CC2)no1.